The third-order valence-corrected chi connectivity index (χ3v) is 4.39. The van der Waals surface area contributed by atoms with Gasteiger partial charge in [-0.05, 0) is 35.2 Å². The van der Waals surface area contributed by atoms with Gasteiger partial charge < -0.3 is 10.1 Å². The largest absolute Gasteiger partial charge is 0.481 e. The third-order valence-electron chi connectivity index (χ3n) is 4.39. The van der Waals surface area contributed by atoms with Crippen LogP contribution in [-0.4, -0.2) is 22.7 Å². The van der Waals surface area contributed by atoms with Gasteiger partial charge in [0.2, 0.25) is 0 Å². The van der Waals surface area contributed by atoms with Crippen LogP contribution in [0.25, 0.3) is 10.9 Å². The summed E-state index contributed by atoms with van der Waals surface area (Å²) in [5, 5.41) is 10.9. The monoisotopic (exact) mass is 375 g/mol. The highest BCUT2D eigenvalue weighted by Crippen LogP contribution is 2.26. The number of carbonyl (C=O) groups excluding carboxylic acids is 1. The quantitative estimate of drug-likeness (QED) is 0.637. The Morgan fingerprint density at radius 1 is 1.14 bits per heavy atom. The summed E-state index contributed by atoms with van der Waals surface area (Å²) in [5.41, 5.74) is 2.62. The van der Waals surface area contributed by atoms with Crippen LogP contribution in [0.4, 0.5) is 5.82 Å². The number of hydrogen-bond donors (Lipinski definition) is 2. The van der Waals surface area contributed by atoms with E-state index in [2.05, 4.69) is 48.1 Å². The van der Waals surface area contributed by atoms with E-state index in [-0.39, 0.29) is 11.3 Å². The number of anilines is 1. The lowest BCUT2D eigenvalue weighted by Gasteiger charge is -2.18. The number of ether oxygens (including phenoxy) is 1. The first-order valence-electron chi connectivity index (χ1n) is 9.37. The molecule has 0 atom stereocenters. The Kier molecular flexibility index (Phi) is 5.70. The molecule has 0 fully saturated rings. The van der Waals surface area contributed by atoms with E-state index in [0.717, 1.165) is 17.3 Å². The van der Waals surface area contributed by atoms with Crippen LogP contribution in [0.3, 0.4) is 0 Å². The van der Waals surface area contributed by atoms with E-state index >= 15 is 0 Å². The van der Waals surface area contributed by atoms with Crippen molar-refractivity contribution in [3.05, 3.63) is 53.6 Å². The number of fused-ring (bicyclic) bond motifs is 1. The fourth-order valence-corrected chi connectivity index (χ4v) is 2.78. The number of rotatable bonds is 4. The average Bonchev–Trinajstić information content (AvgIpc) is 3.07. The van der Waals surface area contributed by atoms with Gasteiger partial charge >= 0.3 is 0 Å². The molecule has 0 bridgehead atoms. The van der Waals surface area contributed by atoms with E-state index in [4.69, 9.17) is 4.74 Å². The van der Waals surface area contributed by atoms with Crippen LogP contribution >= 0.6 is 0 Å². The highest BCUT2D eigenvalue weighted by Gasteiger charge is 2.15. The second-order valence-electron chi connectivity index (χ2n) is 7.56. The first-order valence-corrected chi connectivity index (χ1v) is 9.37. The van der Waals surface area contributed by atoms with Crippen LogP contribution in [0.2, 0.25) is 0 Å². The van der Waals surface area contributed by atoms with Gasteiger partial charge in [0, 0.05) is 23.4 Å². The van der Waals surface area contributed by atoms with Crippen LogP contribution in [0.5, 0.6) is 5.75 Å². The maximum atomic E-state index is 12.6. The second kappa shape index (κ2) is 8.18. The smallest absolute Gasteiger partial charge is 0.256 e. The first-order chi connectivity index (χ1) is 13.4. The van der Waals surface area contributed by atoms with Crippen molar-refractivity contribution >= 4 is 22.6 Å². The van der Waals surface area contributed by atoms with Crippen molar-refractivity contribution in [2.45, 2.75) is 39.5 Å². The third kappa shape index (κ3) is 4.52. The number of nitrogens with one attached hydrogen (secondary N) is 2. The molecule has 1 amide bonds. The second-order valence-corrected chi connectivity index (χ2v) is 7.56. The van der Waals surface area contributed by atoms with E-state index in [9.17, 15) is 4.79 Å². The molecular weight excluding hydrogens is 350 g/mol. The molecule has 5 heteroatoms. The number of carbonyl (C=O) groups is 1. The van der Waals surface area contributed by atoms with Gasteiger partial charge in [0.15, 0.2) is 5.82 Å². The Morgan fingerprint density at radius 2 is 1.89 bits per heavy atom. The summed E-state index contributed by atoms with van der Waals surface area (Å²) in [6.07, 6.45) is 0.810. The van der Waals surface area contributed by atoms with Gasteiger partial charge in [-0.2, -0.15) is 5.10 Å². The minimum atomic E-state index is -0.191. The Bertz CT molecular complexity index is 1030. The Balaban J connectivity index is 1.72. The van der Waals surface area contributed by atoms with Gasteiger partial charge in [0.05, 0.1) is 5.52 Å². The SMILES string of the molecule is CCC#CCOc1ccc2c(NC(=O)c3ccc(C(C)(C)C)cc3)n[nH]c2c1. The van der Waals surface area contributed by atoms with Gasteiger partial charge in [-0.3, -0.25) is 9.89 Å². The maximum absolute atomic E-state index is 12.6. The number of nitrogens with zero attached hydrogens (tertiary/aromatic N) is 1. The zero-order valence-corrected chi connectivity index (χ0v) is 16.7. The van der Waals surface area contributed by atoms with Gasteiger partial charge in [-0.25, -0.2) is 0 Å². The number of hydrogen-bond acceptors (Lipinski definition) is 3. The molecule has 2 N–H and O–H groups in total. The molecule has 0 aliphatic carbocycles. The fourth-order valence-electron chi connectivity index (χ4n) is 2.78. The molecule has 28 heavy (non-hydrogen) atoms. The molecule has 0 saturated carbocycles. The standard InChI is InChI=1S/C23H25N3O2/c1-5-6-7-14-28-18-12-13-19-20(15-18)25-26-21(19)24-22(27)16-8-10-17(11-9-16)23(2,3)4/h8-13,15H,5,14H2,1-4H3,(H2,24,25,26,27). The van der Waals surface area contributed by atoms with E-state index in [1.807, 2.05) is 49.4 Å². The van der Waals surface area contributed by atoms with Crippen molar-refractivity contribution in [2.24, 2.45) is 0 Å². The molecule has 1 aromatic heterocycles. The molecule has 3 aromatic rings. The van der Waals surface area contributed by atoms with E-state index in [0.29, 0.717) is 23.7 Å². The molecule has 1 heterocycles. The molecule has 144 valence electrons. The van der Waals surface area contributed by atoms with E-state index < -0.39 is 0 Å². The number of benzene rings is 2. The zero-order valence-electron chi connectivity index (χ0n) is 16.7. The minimum Gasteiger partial charge on any atom is -0.481 e. The summed E-state index contributed by atoms with van der Waals surface area (Å²) in [4.78, 5) is 12.6. The highest BCUT2D eigenvalue weighted by atomic mass is 16.5. The number of aromatic nitrogens is 2. The molecule has 5 nitrogen and oxygen atoms in total. The van der Waals surface area contributed by atoms with Crippen molar-refractivity contribution < 1.29 is 9.53 Å². The summed E-state index contributed by atoms with van der Waals surface area (Å²) in [7, 11) is 0. The first kappa shape index (κ1) is 19.5. The van der Waals surface area contributed by atoms with Crippen molar-refractivity contribution in [3.63, 3.8) is 0 Å². The van der Waals surface area contributed by atoms with Crippen molar-refractivity contribution in [2.75, 3.05) is 11.9 Å². The molecule has 0 spiro atoms. The molecule has 0 radical (unpaired) electrons. The van der Waals surface area contributed by atoms with Crippen LogP contribution in [0.1, 0.15) is 50.0 Å². The average molecular weight is 375 g/mol. The van der Waals surface area contributed by atoms with Crippen molar-refractivity contribution in [1.29, 1.82) is 0 Å². The van der Waals surface area contributed by atoms with Gasteiger partial charge in [-0.15, -0.1) is 5.92 Å². The summed E-state index contributed by atoms with van der Waals surface area (Å²) < 4.78 is 5.61. The normalized spacial score (nSPS) is 11.0. The zero-order chi connectivity index (χ0) is 20.1. The van der Waals surface area contributed by atoms with E-state index in [1.54, 1.807) is 0 Å². The van der Waals surface area contributed by atoms with E-state index in [1.165, 1.54) is 5.56 Å². The van der Waals surface area contributed by atoms with Gasteiger partial charge in [-0.1, -0.05) is 45.7 Å². The Hall–Kier alpha value is -3.26. The minimum absolute atomic E-state index is 0.0509. The van der Waals surface area contributed by atoms with Crippen molar-refractivity contribution in [3.8, 4) is 17.6 Å². The van der Waals surface area contributed by atoms with Crippen LogP contribution < -0.4 is 10.1 Å². The Morgan fingerprint density at radius 3 is 2.57 bits per heavy atom. The van der Waals surface area contributed by atoms with Gasteiger partial charge in [0.1, 0.15) is 12.4 Å². The number of H-pyrrole nitrogens is 1. The summed E-state index contributed by atoms with van der Waals surface area (Å²) in [6, 6.07) is 13.2. The van der Waals surface area contributed by atoms with Crippen LogP contribution in [-0.2, 0) is 5.41 Å². The van der Waals surface area contributed by atoms with Crippen LogP contribution in [0.15, 0.2) is 42.5 Å². The predicted molar refractivity (Wildman–Crippen MR) is 113 cm³/mol. The fraction of sp³-hybridized carbons (Fsp3) is 0.304. The lowest BCUT2D eigenvalue weighted by Crippen LogP contribution is -2.14. The number of aromatic amines is 1. The molecule has 2 aromatic carbocycles. The predicted octanol–water partition coefficient (Wildman–Crippen LogP) is 4.90. The lowest BCUT2D eigenvalue weighted by atomic mass is 9.87. The van der Waals surface area contributed by atoms with Crippen LogP contribution in [0, 0.1) is 11.8 Å². The summed E-state index contributed by atoms with van der Waals surface area (Å²) >= 11 is 0. The lowest BCUT2D eigenvalue weighted by molar-refractivity contribution is 0.102. The topological polar surface area (TPSA) is 67.0 Å². The van der Waals surface area contributed by atoms with Crippen molar-refractivity contribution in [1.82, 2.24) is 10.2 Å². The van der Waals surface area contributed by atoms with Gasteiger partial charge in [0.25, 0.3) is 5.91 Å². The molecule has 0 saturated heterocycles. The maximum Gasteiger partial charge on any atom is 0.256 e. The molecule has 0 aliphatic heterocycles. The number of amides is 1. The summed E-state index contributed by atoms with van der Waals surface area (Å²) in [6.45, 7) is 8.78. The molecular formula is C23H25N3O2. The summed E-state index contributed by atoms with van der Waals surface area (Å²) in [5.74, 6) is 6.92. The highest BCUT2D eigenvalue weighted by molar-refractivity contribution is 6.07. The molecule has 0 aliphatic rings. The molecule has 0 unspecified atom stereocenters. The molecule has 3 rings (SSSR count). The Labute approximate surface area is 165 Å².